The molecule has 0 unspecified atom stereocenters. The minimum atomic E-state index is -0.337. The Morgan fingerprint density at radius 2 is 1.87 bits per heavy atom. The van der Waals surface area contributed by atoms with Gasteiger partial charge in [0.2, 0.25) is 5.91 Å². The number of amides is 1. The first kappa shape index (κ1) is 20.6. The molecule has 7 nitrogen and oxygen atoms in total. The normalized spacial score (nSPS) is 14.6. The summed E-state index contributed by atoms with van der Waals surface area (Å²) >= 11 is 8.03. The summed E-state index contributed by atoms with van der Waals surface area (Å²) in [6, 6.07) is 13.2. The van der Waals surface area contributed by atoms with Crippen LogP contribution in [0.25, 0.3) is 5.69 Å². The number of thiophene rings is 1. The monoisotopic (exact) mass is 443 g/mol. The molecule has 9 heteroatoms. The number of carbonyl (C=O) groups excluding carboxylic acids is 1. The Labute approximate surface area is 183 Å². The van der Waals surface area contributed by atoms with Crippen LogP contribution in [-0.2, 0) is 11.3 Å². The summed E-state index contributed by atoms with van der Waals surface area (Å²) in [5.41, 5.74) is 0.973. The number of para-hydroxylation sites is 1. The third kappa shape index (κ3) is 4.72. The first-order chi connectivity index (χ1) is 14.6. The van der Waals surface area contributed by atoms with E-state index in [2.05, 4.69) is 15.3 Å². The molecule has 0 bridgehead atoms. The Morgan fingerprint density at radius 3 is 2.57 bits per heavy atom. The predicted molar refractivity (Wildman–Crippen MR) is 120 cm³/mol. The molecule has 1 N–H and O–H groups in total. The highest BCUT2D eigenvalue weighted by Crippen LogP contribution is 2.23. The molecular formula is C21H22ClN5O2S. The molecule has 0 saturated carbocycles. The van der Waals surface area contributed by atoms with Crippen molar-refractivity contribution in [3.05, 3.63) is 74.3 Å². The van der Waals surface area contributed by atoms with E-state index in [4.69, 9.17) is 11.6 Å². The lowest BCUT2D eigenvalue weighted by molar-refractivity contribution is -0.122. The largest absolute Gasteiger partial charge is 0.366 e. The number of rotatable bonds is 6. The van der Waals surface area contributed by atoms with Gasteiger partial charge in [-0.1, -0.05) is 35.9 Å². The fraction of sp³-hybridized carbons (Fsp3) is 0.286. The molecular weight excluding hydrogens is 422 g/mol. The van der Waals surface area contributed by atoms with E-state index in [1.54, 1.807) is 17.5 Å². The Hall–Kier alpha value is -2.68. The number of nitrogens with one attached hydrogen (secondary N) is 1. The van der Waals surface area contributed by atoms with Crippen molar-refractivity contribution in [2.75, 3.05) is 37.6 Å². The molecule has 0 spiro atoms. The first-order valence-electron chi connectivity index (χ1n) is 9.71. The average Bonchev–Trinajstić information content (AvgIpc) is 3.29. The van der Waals surface area contributed by atoms with Crippen LogP contribution in [-0.4, -0.2) is 53.3 Å². The van der Waals surface area contributed by atoms with Gasteiger partial charge in [-0.2, -0.15) is 9.78 Å². The molecule has 1 saturated heterocycles. The van der Waals surface area contributed by atoms with Gasteiger partial charge in [0.1, 0.15) is 5.02 Å². The zero-order valence-electron chi connectivity index (χ0n) is 16.3. The summed E-state index contributed by atoms with van der Waals surface area (Å²) in [5.74, 6) is 0.0157. The summed E-state index contributed by atoms with van der Waals surface area (Å²) in [4.78, 5) is 30.2. The van der Waals surface area contributed by atoms with Crippen molar-refractivity contribution < 1.29 is 4.79 Å². The average molecular weight is 444 g/mol. The molecule has 0 radical (unpaired) electrons. The molecule has 1 fully saturated rings. The molecule has 156 valence electrons. The second kappa shape index (κ2) is 9.42. The Balaban J connectivity index is 1.34. The Bertz CT molecular complexity index is 1050. The van der Waals surface area contributed by atoms with Gasteiger partial charge in [-0.05, 0) is 23.6 Å². The number of carbonyl (C=O) groups is 1. The Morgan fingerprint density at radius 1 is 1.10 bits per heavy atom. The molecule has 30 heavy (non-hydrogen) atoms. The van der Waals surface area contributed by atoms with Crippen molar-refractivity contribution in [2.24, 2.45) is 0 Å². The van der Waals surface area contributed by atoms with E-state index >= 15 is 0 Å². The summed E-state index contributed by atoms with van der Waals surface area (Å²) in [6.07, 6.45) is 1.64. The smallest absolute Gasteiger partial charge is 0.292 e. The molecule has 4 rings (SSSR count). The van der Waals surface area contributed by atoms with Crippen LogP contribution >= 0.6 is 22.9 Å². The predicted octanol–water partition coefficient (Wildman–Crippen LogP) is 2.39. The number of nitrogens with zero attached hydrogens (tertiary/aromatic N) is 4. The zero-order chi connectivity index (χ0) is 20.9. The van der Waals surface area contributed by atoms with Crippen molar-refractivity contribution in [3.63, 3.8) is 0 Å². The highest BCUT2D eigenvalue weighted by molar-refractivity contribution is 7.09. The molecule has 3 heterocycles. The lowest BCUT2D eigenvalue weighted by Gasteiger charge is -2.35. The van der Waals surface area contributed by atoms with Crippen molar-refractivity contribution in [2.45, 2.75) is 6.54 Å². The van der Waals surface area contributed by atoms with Crippen LogP contribution in [0.2, 0.25) is 5.02 Å². The second-order valence-electron chi connectivity index (χ2n) is 7.02. The third-order valence-electron chi connectivity index (χ3n) is 5.02. The number of halogens is 1. The van der Waals surface area contributed by atoms with E-state index < -0.39 is 0 Å². The number of piperazine rings is 1. The molecule has 0 atom stereocenters. The number of anilines is 1. The highest BCUT2D eigenvalue weighted by Gasteiger charge is 2.22. The van der Waals surface area contributed by atoms with Crippen LogP contribution < -0.4 is 15.8 Å². The van der Waals surface area contributed by atoms with Crippen molar-refractivity contribution in [1.29, 1.82) is 0 Å². The maximum atomic E-state index is 12.7. The third-order valence-corrected chi connectivity index (χ3v) is 6.25. The minimum absolute atomic E-state index is 0.0157. The Kier molecular flexibility index (Phi) is 6.47. The van der Waals surface area contributed by atoms with Crippen LogP contribution in [0.1, 0.15) is 4.88 Å². The number of benzene rings is 1. The van der Waals surface area contributed by atoms with Gasteiger partial charge in [-0.15, -0.1) is 11.3 Å². The van der Waals surface area contributed by atoms with E-state index in [0.29, 0.717) is 50.6 Å². The van der Waals surface area contributed by atoms with Crippen LogP contribution in [0.15, 0.2) is 58.8 Å². The van der Waals surface area contributed by atoms with E-state index in [1.807, 2.05) is 52.7 Å². The molecule has 2 aromatic heterocycles. The van der Waals surface area contributed by atoms with Gasteiger partial charge in [-0.25, -0.2) is 0 Å². The fourth-order valence-electron chi connectivity index (χ4n) is 3.40. The molecule has 1 amide bonds. The van der Waals surface area contributed by atoms with E-state index in [-0.39, 0.29) is 16.5 Å². The molecule has 1 aliphatic heterocycles. The van der Waals surface area contributed by atoms with E-state index in [1.165, 1.54) is 4.68 Å². The molecule has 0 aliphatic carbocycles. The summed E-state index contributed by atoms with van der Waals surface area (Å²) < 4.78 is 1.31. The topological polar surface area (TPSA) is 70.5 Å². The SMILES string of the molecule is O=C(CN1CCN(c2cnn(-c3ccccc3)c(=O)c2Cl)CC1)NCc1cccs1. The van der Waals surface area contributed by atoms with Crippen molar-refractivity contribution in [1.82, 2.24) is 20.0 Å². The van der Waals surface area contributed by atoms with Gasteiger partial charge in [0, 0.05) is 31.1 Å². The van der Waals surface area contributed by atoms with Gasteiger partial charge in [0.25, 0.3) is 5.56 Å². The number of hydrogen-bond acceptors (Lipinski definition) is 6. The molecule has 1 aromatic carbocycles. The summed E-state index contributed by atoms with van der Waals surface area (Å²) in [7, 11) is 0. The maximum Gasteiger partial charge on any atom is 0.292 e. The van der Waals surface area contributed by atoms with E-state index in [0.717, 1.165) is 4.88 Å². The standard InChI is InChI=1S/C21H22ClN5O2S/c22-20-18(14-24-27(21(20)29)16-5-2-1-3-6-16)26-10-8-25(9-11-26)15-19(28)23-13-17-7-4-12-30-17/h1-7,12,14H,8-11,13,15H2,(H,23,28). The number of hydrogen-bond donors (Lipinski definition) is 1. The molecule has 3 aromatic rings. The maximum absolute atomic E-state index is 12.7. The first-order valence-corrected chi connectivity index (χ1v) is 11.0. The number of aromatic nitrogens is 2. The van der Waals surface area contributed by atoms with Crippen molar-refractivity contribution in [3.8, 4) is 5.69 Å². The van der Waals surface area contributed by atoms with Crippen molar-refractivity contribution >= 4 is 34.5 Å². The molecule has 1 aliphatic rings. The second-order valence-corrected chi connectivity index (χ2v) is 8.43. The summed E-state index contributed by atoms with van der Waals surface area (Å²) in [6.45, 7) is 3.70. The van der Waals surface area contributed by atoms with E-state index in [9.17, 15) is 9.59 Å². The highest BCUT2D eigenvalue weighted by atomic mass is 35.5. The lowest BCUT2D eigenvalue weighted by atomic mass is 10.2. The van der Waals surface area contributed by atoms with Gasteiger partial charge in [-0.3, -0.25) is 14.5 Å². The van der Waals surface area contributed by atoms with Crippen LogP contribution in [0.4, 0.5) is 5.69 Å². The fourth-order valence-corrected chi connectivity index (χ4v) is 4.30. The summed E-state index contributed by atoms with van der Waals surface area (Å²) in [5, 5.41) is 9.42. The van der Waals surface area contributed by atoms with Crippen LogP contribution in [0.3, 0.4) is 0 Å². The van der Waals surface area contributed by atoms with Gasteiger partial charge >= 0.3 is 0 Å². The van der Waals surface area contributed by atoms with Gasteiger partial charge < -0.3 is 10.2 Å². The lowest BCUT2D eigenvalue weighted by Crippen LogP contribution is -2.49. The van der Waals surface area contributed by atoms with Crippen LogP contribution in [0.5, 0.6) is 0 Å². The van der Waals surface area contributed by atoms with Crippen LogP contribution in [0, 0.1) is 0 Å². The van der Waals surface area contributed by atoms with Gasteiger partial charge in [0.05, 0.1) is 30.7 Å². The van der Waals surface area contributed by atoms with Gasteiger partial charge in [0.15, 0.2) is 0 Å². The quantitative estimate of drug-likeness (QED) is 0.633. The minimum Gasteiger partial charge on any atom is -0.366 e. The zero-order valence-corrected chi connectivity index (χ0v) is 17.9.